The van der Waals surface area contributed by atoms with Gasteiger partial charge in [-0.15, -0.1) is 0 Å². The molecule has 6 rings (SSSR count). The fourth-order valence-corrected chi connectivity index (χ4v) is 8.91. The Morgan fingerprint density at radius 2 is 1.03 bits per heavy atom. The van der Waals surface area contributed by atoms with Crippen molar-refractivity contribution >= 4 is 33.9 Å². The van der Waals surface area contributed by atoms with E-state index in [0.717, 1.165) is 99.9 Å². The minimum atomic E-state index is -0.392. The molecule has 2 aromatic carbocycles. The summed E-state index contributed by atoms with van der Waals surface area (Å²) < 4.78 is 14.5. The summed E-state index contributed by atoms with van der Waals surface area (Å²) in [4.78, 5) is 41.2. The number of unbranched alkanes of at least 4 members (excludes halogenated alkanes) is 2. The molecule has 0 aliphatic carbocycles. The van der Waals surface area contributed by atoms with Gasteiger partial charge < -0.3 is 49.3 Å². The fourth-order valence-electron chi connectivity index (χ4n) is 8.91. The lowest BCUT2D eigenvalue weighted by atomic mass is 9.90. The predicted molar refractivity (Wildman–Crippen MR) is 246 cm³/mol. The molecule has 4 heterocycles. The molecule has 6 atom stereocenters. The minimum Gasteiger partial charge on any atom is -0.393 e. The second kappa shape index (κ2) is 24.2. The highest BCUT2D eigenvalue weighted by Crippen LogP contribution is 2.26. The van der Waals surface area contributed by atoms with E-state index in [1.807, 2.05) is 72.2 Å². The van der Waals surface area contributed by atoms with E-state index in [2.05, 4.69) is 47.5 Å². The van der Waals surface area contributed by atoms with Crippen LogP contribution in [0.4, 0.5) is 0 Å². The standard InChI is InChI=1S/2C24H38N4O3/c2*1-17(2)16-28(20-13-19(18(3)29)14-25-15-20)24(30)23-26-21-9-5-6-10-22(21)27(23)11-7-8-12-31-4/h2*5-6,9-10,17-20,25,29H,7-8,11-16H2,1-4H3/t18-,19?,20+;18-,19?,20-/m10/s1. The number of piperidine rings is 2. The van der Waals surface area contributed by atoms with E-state index >= 15 is 0 Å². The minimum absolute atomic E-state index is 0.0188. The Hall–Kier alpha value is -3.92. The van der Waals surface area contributed by atoms with Gasteiger partial charge in [-0.1, -0.05) is 52.0 Å². The van der Waals surface area contributed by atoms with Gasteiger partial charge in [0.05, 0.1) is 34.3 Å². The van der Waals surface area contributed by atoms with Gasteiger partial charge >= 0.3 is 0 Å². The number of aromatic nitrogens is 4. The highest BCUT2D eigenvalue weighted by atomic mass is 16.5. The van der Waals surface area contributed by atoms with Crippen LogP contribution in [0, 0.1) is 23.7 Å². The molecule has 14 heteroatoms. The number of imidazole rings is 2. The molecule has 4 aromatic rings. The van der Waals surface area contributed by atoms with Crippen molar-refractivity contribution in [2.45, 2.75) is 117 Å². The van der Waals surface area contributed by atoms with Crippen LogP contribution < -0.4 is 10.6 Å². The molecule has 2 fully saturated rings. The molecule has 344 valence electrons. The summed E-state index contributed by atoms with van der Waals surface area (Å²) in [6, 6.07) is 16.0. The molecule has 0 saturated carbocycles. The van der Waals surface area contributed by atoms with Crippen LogP contribution in [0.25, 0.3) is 22.1 Å². The number of hydrogen-bond acceptors (Lipinski definition) is 10. The van der Waals surface area contributed by atoms with E-state index in [9.17, 15) is 19.8 Å². The fraction of sp³-hybridized carbons (Fsp3) is 0.667. The summed E-state index contributed by atoms with van der Waals surface area (Å²) in [5.74, 6) is 1.97. The molecule has 4 N–H and O–H groups in total. The van der Waals surface area contributed by atoms with Crippen molar-refractivity contribution in [1.82, 2.24) is 39.5 Å². The number of carbonyl (C=O) groups is 2. The second-order valence-electron chi connectivity index (χ2n) is 18.4. The van der Waals surface area contributed by atoms with E-state index < -0.39 is 12.2 Å². The monoisotopic (exact) mass is 861 g/mol. The Balaban J connectivity index is 0.000000234. The van der Waals surface area contributed by atoms with Gasteiger partial charge in [0.1, 0.15) is 0 Å². The zero-order valence-electron chi connectivity index (χ0n) is 38.8. The molecular formula is C48H76N8O6. The predicted octanol–water partition coefficient (Wildman–Crippen LogP) is 5.84. The van der Waals surface area contributed by atoms with Gasteiger partial charge in [0.15, 0.2) is 11.6 Å². The summed E-state index contributed by atoms with van der Waals surface area (Å²) in [5.41, 5.74) is 3.70. The van der Waals surface area contributed by atoms with Crippen molar-refractivity contribution in [3.8, 4) is 0 Å². The van der Waals surface area contributed by atoms with Crippen LogP contribution in [0.2, 0.25) is 0 Å². The highest BCUT2D eigenvalue weighted by molar-refractivity contribution is 5.96. The van der Waals surface area contributed by atoms with Gasteiger partial charge in [0.25, 0.3) is 11.8 Å². The van der Waals surface area contributed by atoms with E-state index in [1.54, 1.807) is 14.2 Å². The summed E-state index contributed by atoms with van der Waals surface area (Å²) in [6.07, 6.45) is 4.55. The maximum Gasteiger partial charge on any atom is 0.290 e. The largest absolute Gasteiger partial charge is 0.393 e. The van der Waals surface area contributed by atoms with Gasteiger partial charge in [-0.25, -0.2) is 9.97 Å². The number of hydrogen-bond donors (Lipinski definition) is 4. The number of rotatable bonds is 20. The third-order valence-corrected chi connectivity index (χ3v) is 12.3. The molecular weight excluding hydrogens is 785 g/mol. The third kappa shape index (κ3) is 13.1. The van der Waals surface area contributed by atoms with Gasteiger partial charge in [0, 0.05) is 91.9 Å². The molecule has 2 aliphatic heterocycles. The smallest absolute Gasteiger partial charge is 0.290 e. The first kappa shape index (κ1) is 49.1. The molecule has 2 saturated heterocycles. The summed E-state index contributed by atoms with van der Waals surface area (Å²) in [5, 5.41) is 27.1. The topological polar surface area (TPSA) is 159 Å². The van der Waals surface area contributed by atoms with Gasteiger partial charge in [0.2, 0.25) is 0 Å². The van der Waals surface area contributed by atoms with Gasteiger partial charge in [-0.05, 0) is 100 Å². The van der Waals surface area contributed by atoms with Crippen molar-refractivity contribution in [3.63, 3.8) is 0 Å². The average molecular weight is 861 g/mol. The Bertz CT molecular complexity index is 1840. The van der Waals surface area contributed by atoms with Crippen LogP contribution in [0.5, 0.6) is 0 Å². The Morgan fingerprint density at radius 1 is 0.645 bits per heavy atom. The van der Waals surface area contributed by atoms with Crippen molar-refractivity contribution in [2.24, 2.45) is 23.7 Å². The Labute approximate surface area is 369 Å². The maximum absolute atomic E-state index is 13.9. The molecule has 0 spiro atoms. The number of methoxy groups -OCH3 is 2. The normalized spacial score (nSPS) is 20.3. The van der Waals surface area contributed by atoms with E-state index in [-0.39, 0.29) is 35.7 Å². The molecule has 0 radical (unpaired) electrons. The number of aryl methyl sites for hydroxylation is 2. The number of aliphatic hydroxyl groups excluding tert-OH is 2. The van der Waals surface area contributed by atoms with Gasteiger partial charge in [-0.3, -0.25) is 9.59 Å². The zero-order valence-corrected chi connectivity index (χ0v) is 38.8. The van der Waals surface area contributed by atoms with Crippen LogP contribution in [-0.4, -0.2) is 142 Å². The molecule has 2 aliphatic rings. The Kier molecular flexibility index (Phi) is 19.2. The molecule has 2 unspecified atom stereocenters. The number of carbonyl (C=O) groups excluding carboxylic acids is 2. The quantitative estimate of drug-likeness (QED) is 0.0796. The molecule has 62 heavy (non-hydrogen) atoms. The first-order valence-electron chi connectivity index (χ1n) is 23.1. The molecule has 2 amide bonds. The van der Waals surface area contributed by atoms with E-state index in [1.165, 1.54) is 0 Å². The van der Waals surface area contributed by atoms with Crippen LogP contribution in [0.3, 0.4) is 0 Å². The van der Waals surface area contributed by atoms with Crippen molar-refractivity contribution in [3.05, 3.63) is 60.2 Å². The number of amides is 2. The number of nitrogens with zero attached hydrogens (tertiary/aromatic N) is 6. The summed E-state index contributed by atoms with van der Waals surface area (Å²) in [7, 11) is 3.42. The third-order valence-electron chi connectivity index (χ3n) is 12.3. The first-order chi connectivity index (χ1) is 29.8. The number of aliphatic hydroxyl groups is 2. The van der Waals surface area contributed by atoms with Crippen LogP contribution in [0.15, 0.2) is 48.5 Å². The SMILES string of the molecule is COCCCCn1c(C(=O)N(CC(C)C)[C@@H]2CNCC([C@@H](C)O)C2)nc2ccccc21.COCCCCn1c(C(=O)N(CC(C)C)[C@@H]2CNCC([C@H](C)O)C2)nc2ccccc21. The summed E-state index contributed by atoms with van der Waals surface area (Å²) in [6.45, 7) is 19.5. The number of fused-ring (bicyclic) bond motifs is 2. The zero-order chi connectivity index (χ0) is 44.8. The van der Waals surface area contributed by atoms with E-state index in [0.29, 0.717) is 49.8 Å². The molecule has 14 nitrogen and oxygen atoms in total. The van der Waals surface area contributed by atoms with Crippen molar-refractivity contribution < 1.29 is 29.3 Å². The molecule has 2 aromatic heterocycles. The summed E-state index contributed by atoms with van der Waals surface area (Å²) >= 11 is 0. The number of nitrogens with one attached hydrogen (secondary N) is 2. The van der Waals surface area contributed by atoms with Gasteiger partial charge in [-0.2, -0.15) is 0 Å². The van der Waals surface area contributed by atoms with E-state index in [4.69, 9.17) is 19.4 Å². The second-order valence-corrected chi connectivity index (χ2v) is 18.4. The first-order valence-corrected chi connectivity index (χ1v) is 23.1. The van der Waals surface area contributed by atoms with Crippen molar-refractivity contribution in [1.29, 1.82) is 0 Å². The lowest BCUT2D eigenvalue weighted by Crippen LogP contribution is -2.54. The number of para-hydroxylation sites is 4. The van der Waals surface area contributed by atoms with Crippen LogP contribution >= 0.6 is 0 Å². The lowest BCUT2D eigenvalue weighted by Gasteiger charge is -2.39. The van der Waals surface area contributed by atoms with Crippen LogP contribution in [-0.2, 0) is 22.6 Å². The molecule has 0 bridgehead atoms. The average Bonchev–Trinajstić information content (AvgIpc) is 3.83. The van der Waals surface area contributed by atoms with Crippen LogP contribution in [0.1, 0.15) is 101 Å². The van der Waals surface area contributed by atoms with Crippen molar-refractivity contribution in [2.75, 3.05) is 66.7 Å². The number of ether oxygens (including phenoxy) is 2. The highest BCUT2D eigenvalue weighted by Gasteiger charge is 2.36. The maximum atomic E-state index is 13.9. The Morgan fingerprint density at radius 3 is 1.39 bits per heavy atom. The number of benzene rings is 2. The lowest BCUT2D eigenvalue weighted by molar-refractivity contribution is 0.0433.